The summed E-state index contributed by atoms with van der Waals surface area (Å²) in [6, 6.07) is 7.21. The average Bonchev–Trinajstić information content (AvgIpc) is 2.40. The summed E-state index contributed by atoms with van der Waals surface area (Å²) in [7, 11) is 1.73. The van der Waals surface area contributed by atoms with Crippen LogP contribution in [0.2, 0.25) is 5.02 Å². The highest BCUT2D eigenvalue weighted by molar-refractivity contribution is 6.30. The standard InChI is InChI=1S/C14H17ClN2O3/c1-17-8-12(20-9-14(17)19)7-16-13(18)6-10-3-2-4-11(15)5-10/h2-5,12H,6-9H2,1H3,(H,16,18). The van der Waals surface area contributed by atoms with E-state index in [4.69, 9.17) is 16.3 Å². The van der Waals surface area contributed by atoms with Crippen molar-refractivity contribution >= 4 is 23.4 Å². The van der Waals surface area contributed by atoms with E-state index < -0.39 is 0 Å². The number of amides is 2. The van der Waals surface area contributed by atoms with Gasteiger partial charge in [0.05, 0.1) is 12.5 Å². The van der Waals surface area contributed by atoms with Gasteiger partial charge < -0.3 is 15.0 Å². The zero-order valence-electron chi connectivity index (χ0n) is 11.3. The van der Waals surface area contributed by atoms with E-state index in [1.54, 1.807) is 24.1 Å². The number of rotatable bonds is 4. The molecule has 1 aromatic rings. The fourth-order valence-corrected chi connectivity index (χ4v) is 2.22. The van der Waals surface area contributed by atoms with Crippen LogP contribution >= 0.6 is 11.6 Å². The molecule has 2 rings (SSSR count). The Labute approximate surface area is 122 Å². The molecule has 2 amide bonds. The van der Waals surface area contributed by atoms with Crippen molar-refractivity contribution in [3.8, 4) is 0 Å². The van der Waals surface area contributed by atoms with Crippen LogP contribution < -0.4 is 5.32 Å². The number of likely N-dealkylation sites (N-methyl/N-ethyl adjacent to an activating group) is 1. The molecule has 1 aromatic carbocycles. The number of carbonyl (C=O) groups is 2. The molecule has 1 atom stereocenters. The summed E-state index contributed by atoms with van der Waals surface area (Å²) in [5.41, 5.74) is 0.867. The zero-order valence-corrected chi connectivity index (χ0v) is 12.0. The van der Waals surface area contributed by atoms with Gasteiger partial charge in [0.15, 0.2) is 0 Å². The number of nitrogens with one attached hydrogen (secondary N) is 1. The highest BCUT2D eigenvalue weighted by atomic mass is 35.5. The van der Waals surface area contributed by atoms with Gasteiger partial charge in [-0.1, -0.05) is 23.7 Å². The Bertz CT molecular complexity index is 507. The molecule has 20 heavy (non-hydrogen) atoms. The number of hydrogen-bond acceptors (Lipinski definition) is 3. The maximum atomic E-state index is 11.8. The van der Waals surface area contributed by atoms with Crippen LogP contribution in [0.1, 0.15) is 5.56 Å². The Morgan fingerprint density at radius 1 is 1.55 bits per heavy atom. The zero-order chi connectivity index (χ0) is 14.5. The van der Waals surface area contributed by atoms with Crippen molar-refractivity contribution < 1.29 is 14.3 Å². The lowest BCUT2D eigenvalue weighted by atomic mass is 10.1. The monoisotopic (exact) mass is 296 g/mol. The number of morpholine rings is 1. The lowest BCUT2D eigenvalue weighted by Gasteiger charge is -2.29. The van der Waals surface area contributed by atoms with Gasteiger partial charge in [0.25, 0.3) is 0 Å². The van der Waals surface area contributed by atoms with Crippen LogP contribution in [0.15, 0.2) is 24.3 Å². The highest BCUT2D eigenvalue weighted by Gasteiger charge is 2.23. The summed E-state index contributed by atoms with van der Waals surface area (Å²) in [5.74, 6) is -0.123. The molecular formula is C14H17ClN2O3. The summed E-state index contributed by atoms with van der Waals surface area (Å²) in [6.45, 7) is 0.971. The molecule has 0 bridgehead atoms. The maximum absolute atomic E-state index is 11.8. The Balaban J connectivity index is 1.77. The van der Waals surface area contributed by atoms with Crippen LogP contribution in [0, 0.1) is 0 Å². The number of benzene rings is 1. The van der Waals surface area contributed by atoms with Gasteiger partial charge in [0.1, 0.15) is 6.61 Å². The molecule has 0 aliphatic carbocycles. The smallest absolute Gasteiger partial charge is 0.248 e. The Kier molecular flexibility index (Phi) is 4.98. The van der Waals surface area contributed by atoms with E-state index in [1.807, 2.05) is 12.1 Å². The Hall–Kier alpha value is -1.59. The molecule has 6 heteroatoms. The highest BCUT2D eigenvalue weighted by Crippen LogP contribution is 2.11. The molecule has 1 N–H and O–H groups in total. The van der Waals surface area contributed by atoms with E-state index in [9.17, 15) is 9.59 Å². The largest absolute Gasteiger partial charge is 0.365 e. The van der Waals surface area contributed by atoms with Crippen molar-refractivity contribution in [2.24, 2.45) is 0 Å². The summed E-state index contributed by atoms with van der Waals surface area (Å²) in [5, 5.41) is 3.43. The molecule has 0 spiro atoms. The molecule has 0 saturated carbocycles. The second kappa shape index (κ2) is 6.72. The van der Waals surface area contributed by atoms with Gasteiger partial charge in [0.2, 0.25) is 11.8 Å². The van der Waals surface area contributed by atoms with E-state index in [1.165, 1.54) is 0 Å². The number of hydrogen-bond donors (Lipinski definition) is 1. The number of nitrogens with zero attached hydrogens (tertiary/aromatic N) is 1. The molecule has 5 nitrogen and oxygen atoms in total. The van der Waals surface area contributed by atoms with E-state index in [0.29, 0.717) is 18.1 Å². The van der Waals surface area contributed by atoms with Crippen LogP contribution in [0.25, 0.3) is 0 Å². The molecular weight excluding hydrogens is 280 g/mol. The van der Waals surface area contributed by atoms with Crippen molar-refractivity contribution in [1.29, 1.82) is 0 Å². The van der Waals surface area contributed by atoms with Crippen molar-refractivity contribution in [2.75, 3.05) is 26.7 Å². The van der Waals surface area contributed by atoms with E-state index in [2.05, 4.69) is 5.32 Å². The molecule has 0 radical (unpaired) electrons. The first-order chi connectivity index (χ1) is 9.54. The first-order valence-corrected chi connectivity index (χ1v) is 6.79. The van der Waals surface area contributed by atoms with Crippen LogP contribution in [-0.2, 0) is 20.7 Å². The van der Waals surface area contributed by atoms with Crippen molar-refractivity contribution in [2.45, 2.75) is 12.5 Å². The van der Waals surface area contributed by atoms with Gasteiger partial charge in [-0.05, 0) is 17.7 Å². The van der Waals surface area contributed by atoms with Crippen molar-refractivity contribution in [3.05, 3.63) is 34.9 Å². The fourth-order valence-electron chi connectivity index (χ4n) is 2.01. The van der Waals surface area contributed by atoms with E-state index >= 15 is 0 Å². The maximum Gasteiger partial charge on any atom is 0.248 e. The topological polar surface area (TPSA) is 58.6 Å². The third-order valence-electron chi connectivity index (χ3n) is 3.13. The minimum atomic E-state index is -0.152. The van der Waals surface area contributed by atoms with Crippen LogP contribution in [0.5, 0.6) is 0 Å². The van der Waals surface area contributed by atoms with Gasteiger partial charge in [-0.25, -0.2) is 0 Å². The Morgan fingerprint density at radius 3 is 3.05 bits per heavy atom. The van der Waals surface area contributed by atoms with E-state index in [-0.39, 0.29) is 30.9 Å². The van der Waals surface area contributed by atoms with Gasteiger partial charge in [-0.15, -0.1) is 0 Å². The van der Waals surface area contributed by atoms with Crippen LogP contribution in [0.4, 0.5) is 0 Å². The quantitative estimate of drug-likeness (QED) is 0.896. The third-order valence-corrected chi connectivity index (χ3v) is 3.36. The SMILES string of the molecule is CN1CC(CNC(=O)Cc2cccc(Cl)c2)OCC1=O. The first-order valence-electron chi connectivity index (χ1n) is 6.41. The predicted octanol–water partition coefficient (Wildman–Crippen LogP) is 0.856. The normalized spacial score (nSPS) is 19.0. The van der Waals surface area contributed by atoms with Crippen molar-refractivity contribution in [3.63, 3.8) is 0 Å². The minimum Gasteiger partial charge on any atom is -0.365 e. The molecule has 108 valence electrons. The average molecular weight is 297 g/mol. The van der Waals surface area contributed by atoms with Gasteiger partial charge >= 0.3 is 0 Å². The molecule has 1 aliphatic heterocycles. The molecule has 1 saturated heterocycles. The number of ether oxygens (including phenoxy) is 1. The Morgan fingerprint density at radius 2 is 2.35 bits per heavy atom. The predicted molar refractivity (Wildman–Crippen MR) is 75.5 cm³/mol. The van der Waals surface area contributed by atoms with Gasteiger partial charge in [0, 0.05) is 25.2 Å². The molecule has 1 unspecified atom stereocenters. The number of carbonyl (C=O) groups excluding carboxylic acids is 2. The van der Waals surface area contributed by atoms with Crippen molar-refractivity contribution in [1.82, 2.24) is 10.2 Å². The second-order valence-corrected chi connectivity index (χ2v) is 5.25. The lowest BCUT2D eigenvalue weighted by Crippen LogP contribution is -2.48. The molecule has 1 fully saturated rings. The molecule has 1 aliphatic rings. The molecule has 1 heterocycles. The second-order valence-electron chi connectivity index (χ2n) is 4.82. The van der Waals surface area contributed by atoms with E-state index in [0.717, 1.165) is 5.56 Å². The summed E-state index contributed by atoms with van der Waals surface area (Å²) in [4.78, 5) is 24.7. The summed E-state index contributed by atoms with van der Waals surface area (Å²) in [6.07, 6.45) is 0.128. The van der Waals surface area contributed by atoms with Crippen LogP contribution in [-0.4, -0.2) is 49.6 Å². The third kappa shape index (κ3) is 4.21. The van der Waals surface area contributed by atoms with Gasteiger partial charge in [-0.2, -0.15) is 0 Å². The minimum absolute atomic E-state index is 0.0356. The molecule has 0 aromatic heterocycles. The fraction of sp³-hybridized carbons (Fsp3) is 0.429. The lowest BCUT2D eigenvalue weighted by molar-refractivity contribution is -0.146. The first kappa shape index (κ1) is 14.8. The van der Waals surface area contributed by atoms with Crippen LogP contribution in [0.3, 0.4) is 0 Å². The summed E-state index contributed by atoms with van der Waals surface area (Å²) < 4.78 is 5.35. The van der Waals surface area contributed by atoms with Gasteiger partial charge in [-0.3, -0.25) is 9.59 Å². The number of halogens is 1. The summed E-state index contributed by atoms with van der Waals surface area (Å²) >= 11 is 5.87.